The summed E-state index contributed by atoms with van der Waals surface area (Å²) in [6.07, 6.45) is 4.44. The van der Waals surface area contributed by atoms with Crippen LogP contribution in [0, 0.1) is 15.5 Å². The molecule has 0 aromatic heterocycles. The van der Waals surface area contributed by atoms with E-state index in [4.69, 9.17) is 0 Å². The van der Waals surface area contributed by atoms with Crippen molar-refractivity contribution in [1.29, 1.82) is 0 Å². The number of carbonyl (C=O) groups excluding carboxylic acids is 1. The van der Waals surface area contributed by atoms with Gasteiger partial charge in [0.2, 0.25) is 0 Å². The third-order valence-corrected chi connectivity index (χ3v) is 4.52. The van der Waals surface area contributed by atoms with Gasteiger partial charge in [-0.2, -0.15) is 0 Å². The summed E-state index contributed by atoms with van der Waals surface area (Å²) < 4.78 is 0. The van der Waals surface area contributed by atoms with Crippen LogP contribution in [0.15, 0.2) is 18.2 Å². The molecule has 0 aliphatic heterocycles. The molecule has 1 aromatic carbocycles. The van der Waals surface area contributed by atoms with Crippen LogP contribution in [0.1, 0.15) is 43.0 Å². The number of benzene rings is 1. The van der Waals surface area contributed by atoms with Gasteiger partial charge in [0.1, 0.15) is 11.3 Å². The summed E-state index contributed by atoms with van der Waals surface area (Å²) in [5.74, 6) is -0.376. The Morgan fingerprint density at radius 3 is 2.62 bits per heavy atom. The zero-order chi connectivity index (χ0) is 15.5. The highest BCUT2D eigenvalue weighted by Gasteiger charge is 2.35. The van der Waals surface area contributed by atoms with Crippen LogP contribution in [0.25, 0.3) is 0 Å². The molecule has 0 saturated heterocycles. The van der Waals surface area contributed by atoms with Gasteiger partial charge < -0.3 is 10.6 Å². The molecule has 2 rings (SSSR count). The normalized spacial score (nSPS) is 15.9. The minimum Gasteiger partial charge on any atom is -0.383 e. The highest BCUT2D eigenvalue weighted by atomic mass is 16.6. The SMILES string of the molecule is CCC1(CNC(=O)c2cccc(NC)c2[N+](=O)[O-])CCC1. The number of nitrogens with zero attached hydrogens (tertiary/aromatic N) is 1. The van der Waals surface area contributed by atoms with Gasteiger partial charge in [-0.05, 0) is 36.8 Å². The van der Waals surface area contributed by atoms with Crippen LogP contribution in [0.4, 0.5) is 11.4 Å². The minimum absolute atomic E-state index is 0.109. The molecule has 6 heteroatoms. The first-order valence-corrected chi connectivity index (χ1v) is 7.26. The summed E-state index contributed by atoms with van der Waals surface area (Å²) in [5.41, 5.74) is 0.473. The Kier molecular flexibility index (Phi) is 4.45. The third-order valence-electron chi connectivity index (χ3n) is 4.52. The molecule has 0 atom stereocenters. The van der Waals surface area contributed by atoms with Gasteiger partial charge in [0, 0.05) is 13.6 Å². The topological polar surface area (TPSA) is 84.3 Å². The summed E-state index contributed by atoms with van der Waals surface area (Å²) in [6, 6.07) is 4.73. The van der Waals surface area contributed by atoms with Crippen molar-refractivity contribution in [3.8, 4) is 0 Å². The number of nitro groups is 1. The van der Waals surface area contributed by atoms with Crippen molar-refractivity contribution in [3.05, 3.63) is 33.9 Å². The lowest BCUT2D eigenvalue weighted by Crippen LogP contribution is -2.41. The Hall–Kier alpha value is -2.11. The molecule has 1 aromatic rings. The molecule has 21 heavy (non-hydrogen) atoms. The van der Waals surface area contributed by atoms with Crippen molar-refractivity contribution in [1.82, 2.24) is 5.32 Å². The molecular formula is C15H21N3O3. The number of amides is 1. The van der Waals surface area contributed by atoms with E-state index >= 15 is 0 Å². The third kappa shape index (κ3) is 2.99. The van der Waals surface area contributed by atoms with Crippen molar-refractivity contribution >= 4 is 17.3 Å². The van der Waals surface area contributed by atoms with Gasteiger partial charge in [-0.1, -0.05) is 19.4 Å². The highest BCUT2D eigenvalue weighted by molar-refractivity contribution is 6.00. The second-order valence-corrected chi connectivity index (χ2v) is 5.60. The second kappa shape index (κ2) is 6.11. The lowest BCUT2D eigenvalue weighted by Gasteiger charge is -2.41. The summed E-state index contributed by atoms with van der Waals surface area (Å²) in [6.45, 7) is 2.71. The minimum atomic E-state index is -0.514. The molecule has 0 bridgehead atoms. The van der Waals surface area contributed by atoms with Crippen molar-refractivity contribution in [3.63, 3.8) is 0 Å². The molecule has 1 aliphatic carbocycles. The average Bonchev–Trinajstić information content (AvgIpc) is 2.45. The van der Waals surface area contributed by atoms with Gasteiger partial charge in [0.25, 0.3) is 5.91 Å². The van der Waals surface area contributed by atoms with E-state index in [0.29, 0.717) is 12.2 Å². The van der Waals surface area contributed by atoms with Gasteiger partial charge in [-0.25, -0.2) is 0 Å². The molecule has 1 aliphatic rings. The molecule has 1 amide bonds. The predicted molar refractivity (Wildman–Crippen MR) is 81.6 cm³/mol. The number of hydrogen-bond acceptors (Lipinski definition) is 4. The van der Waals surface area contributed by atoms with E-state index in [2.05, 4.69) is 17.6 Å². The summed E-state index contributed by atoms with van der Waals surface area (Å²) in [4.78, 5) is 23.0. The van der Waals surface area contributed by atoms with Crippen LogP contribution in [-0.4, -0.2) is 24.4 Å². The predicted octanol–water partition coefficient (Wildman–Crippen LogP) is 2.95. The maximum absolute atomic E-state index is 12.3. The van der Waals surface area contributed by atoms with Crippen molar-refractivity contribution in [2.45, 2.75) is 32.6 Å². The Labute approximate surface area is 124 Å². The first-order valence-electron chi connectivity index (χ1n) is 7.26. The number of nitrogens with one attached hydrogen (secondary N) is 2. The number of rotatable bonds is 6. The molecule has 1 saturated carbocycles. The van der Waals surface area contributed by atoms with E-state index < -0.39 is 4.92 Å². The van der Waals surface area contributed by atoms with E-state index in [1.807, 2.05) is 0 Å². The number of anilines is 1. The fourth-order valence-corrected chi connectivity index (χ4v) is 2.82. The number of nitro benzene ring substituents is 1. The molecule has 0 radical (unpaired) electrons. The van der Waals surface area contributed by atoms with Crippen LogP contribution in [0.3, 0.4) is 0 Å². The Morgan fingerprint density at radius 1 is 1.43 bits per heavy atom. The molecule has 2 N–H and O–H groups in total. The maximum atomic E-state index is 12.3. The number of hydrogen-bond donors (Lipinski definition) is 2. The van der Waals surface area contributed by atoms with Crippen molar-refractivity contribution < 1.29 is 9.72 Å². The lowest BCUT2D eigenvalue weighted by atomic mass is 9.67. The first kappa shape index (κ1) is 15.3. The van der Waals surface area contributed by atoms with Crippen LogP contribution < -0.4 is 10.6 Å². The maximum Gasteiger partial charge on any atom is 0.305 e. The summed E-state index contributed by atoms with van der Waals surface area (Å²) in [7, 11) is 1.60. The van der Waals surface area contributed by atoms with E-state index in [9.17, 15) is 14.9 Å². The van der Waals surface area contributed by atoms with Crippen LogP contribution in [0.2, 0.25) is 0 Å². The van der Waals surface area contributed by atoms with Crippen LogP contribution >= 0.6 is 0 Å². The average molecular weight is 291 g/mol. The monoisotopic (exact) mass is 291 g/mol. The van der Waals surface area contributed by atoms with Gasteiger partial charge in [0.05, 0.1) is 4.92 Å². The molecule has 0 unspecified atom stereocenters. The van der Waals surface area contributed by atoms with Crippen LogP contribution in [-0.2, 0) is 0 Å². The molecular weight excluding hydrogens is 270 g/mol. The Morgan fingerprint density at radius 2 is 2.14 bits per heavy atom. The molecule has 0 heterocycles. The molecule has 6 nitrogen and oxygen atoms in total. The fraction of sp³-hybridized carbons (Fsp3) is 0.533. The standard InChI is InChI=1S/C15H21N3O3/c1-3-15(8-5-9-15)10-17-14(19)11-6-4-7-12(16-2)13(11)18(20)21/h4,6-7,16H,3,5,8-10H2,1-2H3,(H,17,19). The van der Waals surface area contributed by atoms with Gasteiger partial charge in [-0.3, -0.25) is 14.9 Å². The smallest absolute Gasteiger partial charge is 0.305 e. The fourth-order valence-electron chi connectivity index (χ4n) is 2.82. The Bertz CT molecular complexity index is 548. The van der Waals surface area contributed by atoms with E-state index in [-0.39, 0.29) is 22.6 Å². The second-order valence-electron chi connectivity index (χ2n) is 5.60. The quantitative estimate of drug-likeness (QED) is 0.623. The summed E-state index contributed by atoms with van der Waals surface area (Å²) >= 11 is 0. The first-order chi connectivity index (χ1) is 10.0. The van der Waals surface area contributed by atoms with E-state index in [1.165, 1.54) is 12.5 Å². The van der Waals surface area contributed by atoms with Gasteiger partial charge in [-0.15, -0.1) is 0 Å². The van der Waals surface area contributed by atoms with Crippen molar-refractivity contribution in [2.75, 3.05) is 18.9 Å². The zero-order valence-corrected chi connectivity index (χ0v) is 12.4. The van der Waals surface area contributed by atoms with Gasteiger partial charge >= 0.3 is 5.69 Å². The summed E-state index contributed by atoms with van der Waals surface area (Å²) in [5, 5.41) is 16.8. The van der Waals surface area contributed by atoms with Crippen LogP contribution in [0.5, 0.6) is 0 Å². The highest BCUT2D eigenvalue weighted by Crippen LogP contribution is 2.43. The molecule has 114 valence electrons. The zero-order valence-electron chi connectivity index (χ0n) is 12.4. The van der Waals surface area contributed by atoms with E-state index in [0.717, 1.165) is 19.3 Å². The van der Waals surface area contributed by atoms with Gasteiger partial charge in [0.15, 0.2) is 0 Å². The number of carbonyl (C=O) groups is 1. The Balaban J connectivity index is 2.17. The molecule has 0 spiro atoms. The lowest BCUT2D eigenvalue weighted by molar-refractivity contribution is -0.384. The van der Waals surface area contributed by atoms with Crippen molar-refractivity contribution in [2.24, 2.45) is 5.41 Å². The van der Waals surface area contributed by atoms with E-state index in [1.54, 1.807) is 19.2 Å². The number of para-hydroxylation sites is 1. The molecule has 1 fully saturated rings. The largest absolute Gasteiger partial charge is 0.383 e.